The topological polar surface area (TPSA) is 52.7 Å². The van der Waals surface area contributed by atoms with Crippen molar-refractivity contribution in [3.05, 3.63) is 56.2 Å². The normalized spacial score (nSPS) is 16.1. The second-order valence-electron chi connectivity index (χ2n) is 7.50. The molecular weight excluding hydrogens is 429 g/mol. The van der Waals surface area contributed by atoms with Crippen LogP contribution >= 0.6 is 34.5 Å². The maximum atomic E-state index is 13.1. The molecule has 1 saturated heterocycles. The molecule has 5 nitrogen and oxygen atoms in total. The molecule has 0 bridgehead atoms. The Morgan fingerprint density at radius 3 is 2.45 bits per heavy atom. The zero-order valence-corrected chi connectivity index (χ0v) is 18.9. The fourth-order valence-corrected chi connectivity index (χ4v) is 4.59. The van der Waals surface area contributed by atoms with Crippen LogP contribution in [-0.4, -0.2) is 53.8 Å². The van der Waals surface area contributed by atoms with Crippen LogP contribution in [0.2, 0.25) is 10.0 Å². The molecule has 1 aromatic carbocycles. The minimum Gasteiger partial charge on any atom is -0.340 e. The smallest absolute Gasteiger partial charge is 0.253 e. The number of amides is 2. The molecule has 156 valence electrons. The Balaban J connectivity index is 1.60. The quantitative estimate of drug-likeness (QED) is 0.714. The van der Waals surface area contributed by atoms with Gasteiger partial charge >= 0.3 is 0 Å². The van der Waals surface area contributed by atoms with Crippen molar-refractivity contribution in [2.75, 3.05) is 26.2 Å². The molecule has 2 heterocycles. The summed E-state index contributed by atoms with van der Waals surface area (Å²) in [6.07, 6.45) is 0. The van der Waals surface area contributed by atoms with E-state index >= 15 is 0 Å². The number of hydrogen-bond donors (Lipinski definition) is 1. The highest BCUT2D eigenvalue weighted by Gasteiger charge is 2.31. The molecule has 1 fully saturated rings. The number of nitrogens with zero attached hydrogens (tertiary/aromatic N) is 2. The summed E-state index contributed by atoms with van der Waals surface area (Å²) in [5, 5.41) is 5.68. The summed E-state index contributed by atoms with van der Waals surface area (Å²) >= 11 is 13.8. The lowest BCUT2D eigenvalue weighted by molar-refractivity contribution is -0.136. The first-order valence-electron chi connectivity index (χ1n) is 9.64. The predicted molar refractivity (Wildman–Crippen MR) is 119 cm³/mol. The molecule has 3 rings (SSSR count). The summed E-state index contributed by atoms with van der Waals surface area (Å²) in [4.78, 5) is 31.3. The van der Waals surface area contributed by atoms with Crippen LogP contribution < -0.4 is 5.32 Å². The van der Waals surface area contributed by atoms with E-state index in [0.717, 1.165) is 19.6 Å². The van der Waals surface area contributed by atoms with Crippen LogP contribution in [-0.2, 0) is 11.3 Å². The highest BCUT2D eigenvalue weighted by molar-refractivity contribution is 7.09. The van der Waals surface area contributed by atoms with Gasteiger partial charge in [-0.05, 0) is 35.6 Å². The number of benzene rings is 1. The minimum absolute atomic E-state index is 0.0401. The van der Waals surface area contributed by atoms with Gasteiger partial charge in [0, 0.05) is 42.6 Å². The SMILES string of the molecule is CC(C)C(NC(=O)c1ccc(Cl)cc1Cl)C(=O)N1CCN(Cc2cccs2)CC1. The van der Waals surface area contributed by atoms with Crippen molar-refractivity contribution in [3.63, 3.8) is 0 Å². The zero-order chi connectivity index (χ0) is 21.0. The van der Waals surface area contributed by atoms with Crippen LogP contribution in [0.3, 0.4) is 0 Å². The molecule has 1 aromatic heterocycles. The minimum atomic E-state index is -0.599. The summed E-state index contributed by atoms with van der Waals surface area (Å²) in [5.74, 6) is -0.453. The average molecular weight is 454 g/mol. The fraction of sp³-hybridized carbons (Fsp3) is 0.429. The molecule has 1 aliphatic rings. The first-order chi connectivity index (χ1) is 13.8. The molecule has 29 heavy (non-hydrogen) atoms. The van der Waals surface area contributed by atoms with Crippen molar-refractivity contribution < 1.29 is 9.59 Å². The molecule has 1 aliphatic heterocycles. The van der Waals surface area contributed by atoms with Crippen molar-refractivity contribution in [1.29, 1.82) is 0 Å². The largest absolute Gasteiger partial charge is 0.340 e. The van der Waals surface area contributed by atoms with E-state index in [-0.39, 0.29) is 22.8 Å². The standard InChI is InChI=1S/C21H25Cl2N3O2S/c1-14(2)19(24-20(27)17-6-5-15(22)12-18(17)23)21(28)26-9-7-25(8-10-26)13-16-4-3-11-29-16/h3-6,11-12,14,19H,7-10,13H2,1-2H3,(H,24,27). The first kappa shape index (κ1) is 22.1. The number of piperazine rings is 1. The molecule has 0 radical (unpaired) electrons. The van der Waals surface area contributed by atoms with Gasteiger partial charge in [-0.15, -0.1) is 11.3 Å². The maximum absolute atomic E-state index is 13.1. The van der Waals surface area contributed by atoms with Crippen LogP contribution in [0.5, 0.6) is 0 Å². The zero-order valence-electron chi connectivity index (χ0n) is 16.5. The van der Waals surface area contributed by atoms with Crippen molar-refractivity contribution in [3.8, 4) is 0 Å². The maximum Gasteiger partial charge on any atom is 0.253 e. The third kappa shape index (κ3) is 5.72. The van der Waals surface area contributed by atoms with E-state index in [2.05, 4.69) is 27.7 Å². The summed E-state index contributed by atoms with van der Waals surface area (Å²) < 4.78 is 0. The van der Waals surface area contributed by atoms with Crippen LogP contribution in [0, 0.1) is 5.92 Å². The van der Waals surface area contributed by atoms with Crippen molar-refractivity contribution >= 4 is 46.4 Å². The Labute approximate surface area is 185 Å². The second kappa shape index (κ2) is 9.94. The third-order valence-corrected chi connectivity index (χ3v) is 6.45. The van der Waals surface area contributed by atoms with Crippen molar-refractivity contribution in [2.45, 2.75) is 26.4 Å². The second-order valence-corrected chi connectivity index (χ2v) is 9.38. The van der Waals surface area contributed by atoms with Gasteiger partial charge in [-0.1, -0.05) is 43.1 Å². The van der Waals surface area contributed by atoms with Gasteiger partial charge in [0.15, 0.2) is 0 Å². The van der Waals surface area contributed by atoms with E-state index < -0.39 is 6.04 Å². The highest BCUT2D eigenvalue weighted by Crippen LogP contribution is 2.22. The molecule has 1 N–H and O–H groups in total. The van der Waals surface area contributed by atoms with E-state index in [9.17, 15) is 9.59 Å². The van der Waals surface area contributed by atoms with E-state index in [4.69, 9.17) is 23.2 Å². The Morgan fingerprint density at radius 2 is 1.86 bits per heavy atom. The number of thiophene rings is 1. The number of hydrogen-bond acceptors (Lipinski definition) is 4. The van der Waals surface area contributed by atoms with Crippen LogP contribution in [0.4, 0.5) is 0 Å². The Bertz CT molecular complexity index is 850. The summed E-state index contributed by atoms with van der Waals surface area (Å²) in [5.41, 5.74) is 0.315. The van der Waals surface area contributed by atoms with Gasteiger partial charge in [-0.3, -0.25) is 14.5 Å². The number of rotatable bonds is 6. The summed E-state index contributed by atoms with van der Waals surface area (Å²) in [7, 11) is 0. The van der Waals surface area contributed by atoms with Gasteiger partial charge < -0.3 is 10.2 Å². The van der Waals surface area contributed by atoms with E-state index in [1.807, 2.05) is 18.7 Å². The predicted octanol–water partition coefficient (Wildman–Crippen LogP) is 4.15. The van der Waals surface area contributed by atoms with E-state index in [0.29, 0.717) is 23.7 Å². The molecule has 2 amide bonds. The fourth-order valence-electron chi connectivity index (χ4n) is 3.35. The first-order valence-corrected chi connectivity index (χ1v) is 11.3. The summed E-state index contributed by atoms with van der Waals surface area (Å²) in [6.45, 7) is 7.74. The van der Waals surface area contributed by atoms with Crippen molar-refractivity contribution in [2.24, 2.45) is 5.92 Å². The average Bonchev–Trinajstić information content (AvgIpc) is 3.19. The number of carbonyl (C=O) groups excluding carboxylic acids is 2. The molecular formula is C21H25Cl2N3O2S. The van der Waals surface area contributed by atoms with Crippen LogP contribution in [0.25, 0.3) is 0 Å². The van der Waals surface area contributed by atoms with Crippen molar-refractivity contribution in [1.82, 2.24) is 15.1 Å². The number of carbonyl (C=O) groups is 2. The lowest BCUT2D eigenvalue weighted by Crippen LogP contribution is -2.56. The van der Waals surface area contributed by atoms with Gasteiger partial charge in [-0.25, -0.2) is 0 Å². The molecule has 0 aliphatic carbocycles. The molecule has 1 unspecified atom stereocenters. The van der Waals surface area contributed by atoms with Gasteiger partial charge in [-0.2, -0.15) is 0 Å². The number of nitrogens with one attached hydrogen (secondary N) is 1. The summed E-state index contributed by atoms with van der Waals surface area (Å²) in [6, 6.07) is 8.30. The highest BCUT2D eigenvalue weighted by atomic mass is 35.5. The van der Waals surface area contributed by atoms with Crippen LogP contribution in [0.1, 0.15) is 29.1 Å². The third-order valence-electron chi connectivity index (χ3n) is 5.04. The number of halogens is 2. The van der Waals surface area contributed by atoms with Gasteiger partial charge in [0.2, 0.25) is 5.91 Å². The molecule has 0 spiro atoms. The van der Waals surface area contributed by atoms with Gasteiger partial charge in [0.05, 0.1) is 10.6 Å². The van der Waals surface area contributed by atoms with Crippen LogP contribution in [0.15, 0.2) is 35.7 Å². The lowest BCUT2D eigenvalue weighted by atomic mass is 10.0. The molecule has 8 heteroatoms. The van der Waals surface area contributed by atoms with E-state index in [1.165, 1.54) is 10.9 Å². The molecule has 0 saturated carbocycles. The monoisotopic (exact) mass is 453 g/mol. The Kier molecular flexibility index (Phi) is 7.57. The molecule has 1 atom stereocenters. The van der Waals surface area contributed by atoms with Gasteiger partial charge in [0.1, 0.15) is 6.04 Å². The Morgan fingerprint density at radius 1 is 1.14 bits per heavy atom. The van der Waals surface area contributed by atoms with E-state index in [1.54, 1.807) is 23.5 Å². The lowest BCUT2D eigenvalue weighted by Gasteiger charge is -2.37. The Hall–Kier alpha value is -1.60. The molecule has 2 aromatic rings. The van der Waals surface area contributed by atoms with Gasteiger partial charge in [0.25, 0.3) is 5.91 Å².